The molecule has 0 saturated carbocycles. The summed E-state index contributed by atoms with van der Waals surface area (Å²) in [6, 6.07) is 8.74. The van der Waals surface area contributed by atoms with Crippen molar-refractivity contribution in [3.05, 3.63) is 36.0 Å². The molecule has 2 fully saturated rings. The number of aromatic nitrogens is 2. The van der Waals surface area contributed by atoms with Crippen molar-refractivity contribution in [1.82, 2.24) is 19.8 Å². The van der Waals surface area contributed by atoms with Gasteiger partial charge in [-0.2, -0.15) is 0 Å². The maximum Gasteiger partial charge on any atom is 0.161 e. The summed E-state index contributed by atoms with van der Waals surface area (Å²) in [6.07, 6.45) is 3.27. The summed E-state index contributed by atoms with van der Waals surface area (Å²) in [6.45, 7) is 9.11. The Labute approximate surface area is 179 Å². The van der Waals surface area contributed by atoms with Crippen molar-refractivity contribution in [2.24, 2.45) is 0 Å². The highest BCUT2D eigenvalue weighted by Gasteiger charge is 2.27. The number of ether oxygens (including phenoxy) is 1. The van der Waals surface area contributed by atoms with E-state index in [4.69, 9.17) is 9.72 Å². The quantitative estimate of drug-likeness (QED) is 0.761. The van der Waals surface area contributed by atoms with Crippen LogP contribution in [0.5, 0.6) is 0 Å². The molecule has 160 valence electrons. The van der Waals surface area contributed by atoms with E-state index in [0.717, 1.165) is 82.6 Å². The fourth-order valence-electron chi connectivity index (χ4n) is 4.64. The molecule has 7 nitrogen and oxygen atoms in total. The van der Waals surface area contributed by atoms with Gasteiger partial charge in [-0.05, 0) is 44.8 Å². The summed E-state index contributed by atoms with van der Waals surface area (Å²) in [5.74, 6) is 1.90. The maximum atomic E-state index is 5.98. The van der Waals surface area contributed by atoms with Crippen molar-refractivity contribution in [2.45, 2.75) is 12.5 Å². The predicted molar refractivity (Wildman–Crippen MR) is 120 cm³/mol. The van der Waals surface area contributed by atoms with Crippen LogP contribution in [-0.2, 0) is 11.2 Å². The van der Waals surface area contributed by atoms with Crippen LogP contribution < -0.4 is 9.80 Å². The SMILES string of the molecule is CN1CCN(c2ccc(-c3ncc4c(n3)N(CC3CN(C)CCO3)CC4)cc2)CC1. The zero-order valence-corrected chi connectivity index (χ0v) is 18.1. The zero-order chi connectivity index (χ0) is 20.5. The number of piperazine rings is 1. The number of fused-ring (bicyclic) bond motifs is 1. The van der Waals surface area contributed by atoms with Crippen LogP contribution in [0, 0.1) is 0 Å². The van der Waals surface area contributed by atoms with Crippen molar-refractivity contribution in [1.29, 1.82) is 0 Å². The first-order valence-corrected chi connectivity index (χ1v) is 11.1. The number of hydrogen-bond acceptors (Lipinski definition) is 7. The fourth-order valence-corrected chi connectivity index (χ4v) is 4.64. The van der Waals surface area contributed by atoms with Crippen LogP contribution in [0.25, 0.3) is 11.4 Å². The summed E-state index contributed by atoms with van der Waals surface area (Å²) >= 11 is 0. The maximum absolute atomic E-state index is 5.98. The molecule has 3 aliphatic heterocycles. The van der Waals surface area contributed by atoms with Crippen LogP contribution in [0.15, 0.2) is 30.5 Å². The highest BCUT2D eigenvalue weighted by atomic mass is 16.5. The van der Waals surface area contributed by atoms with Crippen LogP contribution in [0.1, 0.15) is 5.56 Å². The summed E-state index contributed by atoms with van der Waals surface area (Å²) in [7, 11) is 4.35. The summed E-state index contributed by atoms with van der Waals surface area (Å²) in [5, 5.41) is 0. The highest BCUT2D eigenvalue weighted by Crippen LogP contribution is 2.29. The molecule has 2 saturated heterocycles. The fraction of sp³-hybridized carbons (Fsp3) is 0.565. The van der Waals surface area contributed by atoms with Crippen molar-refractivity contribution in [2.75, 3.05) is 82.9 Å². The van der Waals surface area contributed by atoms with Gasteiger partial charge in [0.2, 0.25) is 0 Å². The summed E-state index contributed by atoms with van der Waals surface area (Å²) < 4.78 is 5.98. The second-order valence-corrected chi connectivity index (χ2v) is 8.83. The Bertz CT molecular complexity index is 864. The molecule has 4 heterocycles. The Morgan fingerprint density at radius 1 is 0.967 bits per heavy atom. The summed E-state index contributed by atoms with van der Waals surface area (Å²) in [5.41, 5.74) is 3.61. The van der Waals surface area contributed by atoms with Gasteiger partial charge in [-0.3, -0.25) is 0 Å². The number of morpholine rings is 1. The van der Waals surface area contributed by atoms with Crippen LogP contribution in [0.4, 0.5) is 11.5 Å². The summed E-state index contributed by atoms with van der Waals surface area (Å²) in [4.78, 5) is 19.2. The second-order valence-electron chi connectivity index (χ2n) is 8.83. The van der Waals surface area contributed by atoms with Gasteiger partial charge in [0, 0.05) is 75.4 Å². The predicted octanol–water partition coefficient (Wildman–Crippen LogP) is 1.59. The largest absolute Gasteiger partial charge is 0.374 e. The Morgan fingerprint density at radius 2 is 1.77 bits per heavy atom. The molecule has 0 aliphatic carbocycles. The van der Waals surface area contributed by atoms with Gasteiger partial charge >= 0.3 is 0 Å². The first-order valence-electron chi connectivity index (χ1n) is 11.1. The third-order valence-electron chi connectivity index (χ3n) is 6.55. The number of anilines is 2. The molecule has 5 rings (SSSR count). The molecule has 0 spiro atoms. The Hall–Kier alpha value is -2.22. The van der Waals surface area contributed by atoms with Crippen LogP contribution in [0.2, 0.25) is 0 Å². The first-order chi connectivity index (χ1) is 14.7. The van der Waals surface area contributed by atoms with E-state index in [1.165, 1.54) is 11.3 Å². The monoisotopic (exact) mass is 408 g/mol. The lowest BCUT2D eigenvalue weighted by molar-refractivity contribution is -0.0146. The zero-order valence-electron chi connectivity index (χ0n) is 18.1. The number of rotatable bonds is 4. The molecular formula is C23H32N6O. The van der Waals surface area contributed by atoms with Gasteiger partial charge in [0.25, 0.3) is 0 Å². The van der Waals surface area contributed by atoms with Crippen molar-refractivity contribution in [3.8, 4) is 11.4 Å². The van der Waals surface area contributed by atoms with E-state index >= 15 is 0 Å². The molecule has 7 heteroatoms. The van der Waals surface area contributed by atoms with Crippen LogP contribution >= 0.6 is 0 Å². The van der Waals surface area contributed by atoms with Gasteiger partial charge in [-0.25, -0.2) is 9.97 Å². The van der Waals surface area contributed by atoms with E-state index in [2.05, 4.69) is 62.9 Å². The normalized spacial score (nSPS) is 23.1. The first kappa shape index (κ1) is 19.7. The minimum atomic E-state index is 0.246. The molecule has 0 bridgehead atoms. The van der Waals surface area contributed by atoms with Crippen LogP contribution in [-0.4, -0.2) is 98.9 Å². The van der Waals surface area contributed by atoms with E-state index < -0.39 is 0 Å². The number of benzene rings is 1. The molecule has 1 aromatic carbocycles. The Morgan fingerprint density at radius 3 is 2.53 bits per heavy atom. The molecule has 0 radical (unpaired) electrons. The lowest BCUT2D eigenvalue weighted by Gasteiger charge is -2.34. The van der Waals surface area contributed by atoms with Crippen molar-refractivity contribution in [3.63, 3.8) is 0 Å². The van der Waals surface area contributed by atoms with Crippen molar-refractivity contribution < 1.29 is 4.74 Å². The van der Waals surface area contributed by atoms with Gasteiger partial charge in [0.1, 0.15) is 5.82 Å². The lowest BCUT2D eigenvalue weighted by atomic mass is 10.1. The van der Waals surface area contributed by atoms with Gasteiger partial charge in [-0.15, -0.1) is 0 Å². The lowest BCUT2D eigenvalue weighted by Crippen LogP contribution is -2.46. The number of nitrogens with zero attached hydrogens (tertiary/aromatic N) is 6. The van der Waals surface area contributed by atoms with E-state index in [1.54, 1.807) is 0 Å². The van der Waals surface area contributed by atoms with E-state index in [0.29, 0.717) is 0 Å². The highest BCUT2D eigenvalue weighted by molar-refractivity contribution is 5.64. The van der Waals surface area contributed by atoms with E-state index in [9.17, 15) is 0 Å². The molecule has 1 unspecified atom stereocenters. The Balaban J connectivity index is 1.30. The molecule has 1 aromatic heterocycles. The standard InChI is InChI=1S/C23H32N6O/c1-26-9-11-28(12-10-26)20-5-3-18(4-6-20)22-24-15-19-7-8-29(23(19)25-22)17-21-16-27(2)13-14-30-21/h3-6,15,21H,7-14,16-17H2,1-2H3. The molecule has 2 aromatic rings. The van der Waals surface area contributed by atoms with Crippen molar-refractivity contribution >= 4 is 11.5 Å². The van der Waals surface area contributed by atoms with Gasteiger partial charge in [-0.1, -0.05) is 0 Å². The van der Waals surface area contributed by atoms with Gasteiger partial charge in [0.05, 0.1) is 12.7 Å². The van der Waals surface area contributed by atoms with E-state index in [1.807, 2.05) is 6.20 Å². The third kappa shape index (κ3) is 4.15. The van der Waals surface area contributed by atoms with Gasteiger partial charge < -0.3 is 24.3 Å². The molecule has 30 heavy (non-hydrogen) atoms. The smallest absolute Gasteiger partial charge is 0.161 e. The molecular weight excluding hydrogens is 376 g/mol. The van der Waals surface area contributed by atoms with Crippen LogP contribution in [0.3, 0.4) is 0 Å². The van der Waals surface area contributed by atoms with Gasteiger partial charge in [0.15, 0.2) is 5.82 Å². The van der Waals surface area contributed by atoms with E-state index in [-0.39, 0.29) is 6.10 Å². The number of hydrogen-bond donors (Lipinski definition) is 0. The minimum Gasteiger partial charge on any atom is -0.374 e. The average molecular weight is 409 g/mol. The molecule has 0 amide bonds. The molecule has 0 N–H and O–H groups in total. The minimum absolute atomic E-state index is 0.246. The third-order valence-corrected chi connectivity index (χ3v) is 6.55. The topological polar surface area (TPSA) is 48.0 Å². The average Bonchev–Trinajstić information content (AvgIpc) is 3.16. The molecule has 3 aliphatic rings. The molecule has 1 atom stereocenters. The second kappa shape index (κ2) is 8.49. The number of likely N-dealkylation sites (N-methyl/N-ethyl adjacent to an activating group) is 2. The Kier molecular flexibility index (Phi) is 5.58.